The Balaban J connectivity index is 0.00000320. The summed E-state index contributed by atoms with van der Waals surface area (Å²) < 4.78 is 0. The molecule has 2 N–H and O–H groups in total. The maximum atomic E-state index is 4.76. The summed E-state index contributed by atoms with van der Waals surface area (Å²) in [5, 5.41) is 7.99. The van der Waals surface area contributed by atoms with E-state index in [0.717, 1.165) is 55.9 Å². The first-order valence-corrected chi connectivity index (χ1v) is 11.4. The summed E-state index contributed by atoms with van der Waals surface area (Å²) in [5.74, 6) is 0.882. The molecule has 1 fully saturated rings. The quantitative estimate of drug-likeness (QED) is 0.318. The minimum atomic E-state index is 0. The Morgan fingerprint density at radius 2 is 1.83 bits per heavy atom. The van der Waals surface area contributed by atoms with Gasteiger partial charge >= 0.3 is 0 Å². The van der Waals surface area contributed by atoms with Gasteiger partial charge in [-0.15, -0.1) is 35.3 Å². The second-order valence-corrected chi connectivity index (χ2v) is 8.81. The molecule has 1 saturated heterocycles. The molecule has 0 amide bonds. The van der Waals surface area contributed by atoms with Crippen molar-refractivity contribution in [2.75, 3.05) is 44.2 Å². The molecule has 1 aromatic heterocycles. The number of benzene rings is 1. The lowest BCUT2D eigenvalue weighted by molar-refractivity contribution is 0.197. The number of guanidine groups is 1. The van der Waals surface area contributed by atoms with Crippen LogP contribution < -0.4 is 15.5 Å². The molecule has 3 rings (SSSR count). The number of anilines is 1. The molecule has 8 heteroatoms. The normalized spacial score (nSPS) is 16.1. The van der Waals surface area contributed by atoms with Crippen molar-refractivity contribution < 1.29 is 0 Å². The van der Waals surface area contributed by atoms with Crippen molar-refractivity contribution in [2.45, 2.75) is 40.3 Å². The Kier molecular flexibility index (Phi) is 10.3. The van der Waals surface area contributed by atoms with Crippen LogP contribution in [0.3, 0.4) is 0 Å². The Labute approximate surface area is 202 Å². The number of hydrogen-bond donors (Lipinski definition) is 2. The molecule has 1 aromatic carbocycles. The van der Waals surface area contributed by atoms with Crippen LogP contribution in [0.25, 0.3) is 0 Å². The third-order valence-corrected chi connectivity index (χ3v) is 6.41. The summed E-state index contributed by atoms with van der Waals surface area (Å²) in [6.45, 7) is 15.3. The highest BCUT2D eigenvalue weighted by Gasteiger charge is 2.21. The van der Waals surface area contributed by atoms with Gasteiger partial charge in [0.2, 0.25) is 0 Å². The van der Waals surface area contributed by atoms with E-state index >= 15 is 0 Å². The molecule has 0 spiro atoms. The minimum absolute atomic E-state index is 0. The molecule has 6 nitrogen and oxygen atoms in total. The van der Waals surface area contributed by atoms with Gasteiger partial charge in [0.1, 0.15) is 0 Å². The third kappa shape index (κ3) is 7.09. The van der Waals surface area contributed by atoms with E-state index in [-0.39, 0.29) is 24.0 Å². The molecular weight excluding hydrogens is 507 g/mol. The van der Waals surface area contributed by atoms with Crippen LogP contribution in [0, 0.1) is 13.8 Å². The van der Waals surface area contributed by atoms with Crippen molar-refractivity contribution in [1.29, 1.82) is 0 Å². The predicted molar refractivity (Wildman–Crippen MR) is 140 cm³/mol. The van der Waals surface area contributed by atoms with E-state index in [1.165, 1.54) is 10.6 Å². The van der Waals surface area contributed by atoms with Crippen molar-refractivity contribution in [2.24, 2.45) is 4.99 Å². The van der Waals surface area contributed by atoms with Gasteiger partial charge in [-0.1, -0.05) is 18.2 Å². The fourth-order valence-corrected chi connectivity index (χ4v) is 4.51. The molecule has 0 bridgehead atoms. The van der Waals surface area contributed by atoms with Crippen molar-refractivity contribution in [3.8, 4) is 0 Å². The molecule has 1 atom stereocenters. The van der Waals surface area contributed by atoms with Gasteiger partial charge in [0.05, 0.1) is 17.2 Å². The maximum absolute atomic E-state index is 4.76. The van der Waals surface area contributed by atoms with Crippen LogP contribution in [-0.2, 0) is 6.54 Å². The van der Waals surface area contributed by atoms with Crippen molar-refractivity contribution >= 4 is 47.0 Å². The zero-order valence-corrected chi connectivity index (χ0v) is 21.7. The summed E-state index contributed by atoms with van der Waals surface area (Å²) in [6.07, 6.45) is 0. The number of nitrogens with zero attached hydrogens (tertiary/aromatic N) is 4. The van der Waals surface area contributed by atoms with Crippen LogP contribution in [0.15, 0.2) is 35.3 Å². The molecule has 0 saturated carbocycles. The van der Waals surface area contributed by atoms with Crippen molar-refractivity contribution in [3.63, 3.8) is 0 Å². The second-order valence-electron chi connectivity index (χ2n) is 7.53. The van der Waals surface area contributed by atoms with Crippen LogP contribution in [0.1, 0.15) is 29.4 Å². The van der Waals surface area contributed by atoms with Crippen LogP contribution in [0.4, 0.5) is 5.69 Å². The first-order valence-electron chi connectivity index (χ1n) is 10.6. The van der Waals surface area contributed by atoms with Gasteiger partial charge in [0.15, 0.2) is 5.96 Å². The van der Waals surface area contributed by atoms with Gasteiger partial charge in [-0.3, -0.25) is 4.90 Å². The number of aliphatic imine (C=N–C) groups is 1. The van der Waals surface area contributed by atoms with Crippen LogP contribution in [-0.4, -0.2) is 61.2 Å². The molecule has 1 aliphatic heterocycles. The highest BCUT2D eigenvalue weighted by Crippen LogP contribution is 2.18. The number of rotatable bonds is 7. The fourth-order valence-electron chi connectivity index (χ4n) is 3.65. The van der Waals surface area contributed by atoms with E-state index in [9.17, 15) is 0 Å². The third-order valence-electron chi connectivity index (χ3n) is 5.35. The van der Waals surface area contributed by atoms with Gasteiger partial charge in [0.25, 0.3) is 0 Å². The summed E-state index contributed by atoms with van der Waals surface area (Å²) in [5.41, 5.74) is 2.42. The highest BCUT2D eigenvalue weighted by atomic mass is 127. The van der Waals surface area contributed by atoms with E-state index in [0.29, 0.717) is 12.6 Å². The van der Waals surface area contributed by atoms with E-state index < -0.39 is 0 Å². The average molecular weight is 543 g/mol. The number of nitrogens with one attached hydrogen (secondary N) is 2. The SMILES string of the molecule is CCNC(=NCc1sc(C)nc1C)NCC(C)N1CCN(c2ccccc2)CC1.I. The summed E-state index contributed by atoms with van der Waals surface area (Å²) in [4.78, 5) is 15.5. The van der Waals surface area contributed by atoms with Gasteiger partial charge < -0.3 is 15.5 Å². The largest absolute Gasteiger partial charge is 0.369 e. The molecular formula is C22H35IN6S. The smallest absolute Gasteiger partial charge is 0.191 e. The predicted octanol–water partition coefficient (Wildman–Crippen LogP) is 3.64. The number of aryl methyl sites for hydroxylation is 2. The Bertz CT molecular complexity index is 786. The van der Waals surface area contributed by atoms with Crippen LogP contribution >= 0.6 is 35.3 Å². The monoisotopic (exact) mass is 542 g/mol. The zero-order chi connectivity index (χ0) is 20.6. The lowest BCUT2D eigenvalue weighted by Gasteiger charge is -2.39. The average Bonchev–Trinajstić information content (AvgIpc) is 3.07. The van der Waals surface area contributed by atoms with Crippen molar-refractivity contribution in [3.05, 3.63) is 45.9 Å². The van der Waals surface area contributed by atoms with Gasteiger partial charge in [-0.25, -0.2) is 9.98 Å². The van der Waals surface area contributed by atoms with Gasteiger partial charge in [0, 0.05) is 55.9 Å². The standard InChI is InChI=1S/C22H34N6S.HI/c1-5-23-22(25-16-21-18(3)26-19(4)29-21)24-15-17(2)27-11-13-28(14-12-27)20-9-7-6-8-10-20;/h6-10,17H,5,11-16H2,1-4H3,(H2,23,24,25);1H. The maximum Gasteiger partial charge on any atom is 0.191 e. The zero-order valence-electron chi connectivity index (χ0n) is 18.5. The molecule has 1 aliphatic rings. The number of aromatic nitrogens is 1. The van der Waals surface area contributed by atoms with E-state index in [2.05, 4.69) is 76.5 Å². The number of piperazine rings is 1. The van der Waals surface area contributed by atoms with Gasteiger partial charge in [-0.05, 0) is 39.8 Å². The fraction of sp³-hybridized carbons (Fsp3) is 0.545. The van der Waals surface area contributed by atoms with E-state index in [4.69, 9.17) is 4.99 Å². The Hall–Kier alpha value is -1.39. The van der Waals surface area contributed by atoms with E-state index in [1.54, 1.807) is 11.3 Å². The Morgan fingerprint density at radius 1 is 1.13 bits per heavy atom. The molecule has 0 radical (unpaired) electrons. The molecule has 2 heterocycles. The lowest BCUT2D eigenvalue weighted by atomic mass is 10.2. The minimum Gasteiger partial charge on any atom is -0.369 e. The second kappa shape index (κ2) is 12.5. The number of thiazole rings is 1. The highest BCUT2D eigenvalue weighted by molar-refractivity contribution is 14.0. The summed E-state index contributed by atoms with van der Waals surface area (Å²) in [6, 6.07) is 11.2. The molecule has 0 aliphatic carbocycles. The first-order chi connectivity index (χ1) is 14.1. The molecule has 1 unspecified atom stereocenters. The van der Waals surface area contributed by atoms with E-state index in [1.807, 2.05) is 6.92 Å². The van der Waals surface area contributed by atoms with Crippen molar-refractivity contribution in [1.82, 2.24) is 20.5 Å². The lowest BCUT2D eigenvalue weighted by Crippen LogP contribution is -2.53. The number of halogens is 1. The Morgan fingerprint density at radius 3 is 2.43 bits per heavy atom. The molecule has 30 heavy (non-hydrogen) atoms. The first kappa shape index (κ1) is 24.9. The molecule has 166 valence electrons. The van der Waals surface area contributed by atoms with Crippen LogP contribution in [0.2, 0.25) is 0 Å². The summed E-state index contributed by atoms with van der Waals surface area (Å²) in [7, 11) is 0. The van der Waals surface area contributed by atoms with Gasteiger partial charge in [-0.2, -0.15) is 0 Å². The number of hydrogen-bond acceptors (Lipinski definition) is 5. The van der Waals surface area contributed by atoms with Crippen LogP contribution in [0.5, 0.6) is 0 Å². The summed E-state index contributed by atoms with van der Waals surface area (Å²) >= 11 is 1.73. The topological polar surface area (TPSA) is 55.8 Å². The number of para-hydroxylation sites is 1. The molecule has 2 aromatic rings.